The molecule has 0 spiro atoms. The molecule has 2 rings (SSSR count). The number of benzene rings is 1. The quantitative estimate of drug-likeness (QED) is 0.888. The molecule has 0 amide bonds. The van der Waals surface area contributed by atoms with Crippen molar-refractivity contribution in [3.8, 4) is 0 Å². The van der Waals surface area contributed by atoms with Gasteiger partial charge in [-0.2, -0.15) is 0 Å². The Balaban J connectivity index is 2.45. The second-order valence-corrected chi connectivity index (χ2v) is 5.38. The molecule has 0 bridgehead atoms. The van der Waals surface area contributed by atoms with Crippen LogP contribution in [0.5, 0.6) is 0 Å². The van der Waals surface area contributed by atoms with E-state index in [9.17, 15) is 0 Å². The second kappa shape index (κ2) is 4.73. The molecule has 1 aromatic heterocycles. The third-order valence-electron chi connectivity index (χ3n) is 2.50. The van der Waals surface area contributed by atoms with Gasteiger partial charge in [-0.1, -0.05) is 22.0 Å². The van der Waals surface area contributed by atoms with Gasteiger partial charge >= 0.3 is 0 Å². The number of hydrogen-bond acceptors (Lipinski definition) is 2. The lowest BCUT2D eigenvalue weighted by molar-refractivity contribution is 0.487. The predicted octanol–water partition coefficient (Wildman–Crippen LogP) is 4.16. The molecule has 16 heavy (non-hydrogen) atoms. The highest BCUT2D eigenvalue weighted by atomic mass is 79.9. The molecular formula is C12H11Br2NO. The fourth-order valence-electron chi connectivity index (χ4n) is 1.61. The molecule has 0 aliphatic rings. The average Bonchev–Trinajstić information content (AvgIpc) is 2.67. The van der Waals surface area contributed by atoms with Gasteiger partial charge in [0.05, 0.1) is 16.8 Å². The molecule has 1 unspecified atom stereocenters. The highest BCUT2D eigenvalue weighted by molar-refractivity contribution is 9.10. The minimum Gasteiger partial charge on any atom is -0.466 e. The van der Waals surface area contributed by atoms with Gasteiger partial charge in [0.2, 0.25) is 0 Å². The van der Waals surface area contributed by atoms with E-state index in [4.69, 9.17) is 10.2 Å². The molecule has 2 N–H and O–H groups in total. The Labute approximate surface area is 111 Å². The standard InChI is InChI=1S/C12H11Br2NO/c1-7-2-3-8(13)6-9(7)11(15)12-10(14)4-5-16-12/h2-6,11H,15H2,1H3. The Morgan fingerprint density at radius 1 is 1.25 bits per heavy atom. The van der Waals surface area contributed by atoms with Crippen LogP contribution in [0.2, 0.25) is 0 Å². The summed E-state index contributed by atoms with van der Waals surface area (Å²) in [5.41, 5.74) is 8.40. The van der Waals surface area contributed by atoms with Gasteiger partial charge in [0.1, 0.15) is 5.76 Å². The van der Waals surface area contributed by atoms with E-state index in [2.05, 4.69) is 31.9 Å². The van der Waals surface area contributed by atoms with Crippen LogP contribution in [0, 0.1) is 6.92 Å². The highest BCUT2D eigenvalue weighted by Gasteiger charge is 2.17. The molecule has 0 saturated carbocycles. The summed E-state index contributed by atoms with van der Waals surface area (Å²) in [5.74, 6) is 0.751. The van der Waals surface area contributed by atoms with Crippen molar-refractivity contribution in [3.05, 3.63) is 56.4 Å². The van der Waals surface area contributed by atoms with Gasteiger partial charge in [-0.05, 0) is 52.2 Å². The van der Waals surface area contributed by atoms with Gasteiger partial charge < -0.3 is 10.2 Å². The van der Waals surface area contributed by atoms with E-state index < -0.39 is 0 Å². The van der Waals surface area contributed by atoms with E-state index in [0.717, 1.165) is 25.8 Å². The molecule has 2 nitrogen and oxygen atoms in total. The fourth-order valence-corrected chi connectivity index (χ4v) is 2.44. The van der Waals surface area contributed by atoms with Crippen molar-refractivity contribution in [1.82, 2.24) is 0 Å². The summed E-state index contributed by atoms with van der Waals surface area (Å²) >= 11 is 6.87. The predicted molar refractivity (Wildman–Crippen MR) is 71.3 cm³/mol. The zero-order valence-electron chi connectivity index (χ0n) is 8.71. The van der Waals surface area contributed by atoms with Crippen molar-refractivity contribution >= 4 is 31.9 Å². The second-order valence-electron chi connectivity index (χ2n) is 3.61. The lowest BCUT2D eigenvalue weighted by atomic mass is 10.0. The number of nitrogens with two attached hydrogens (primary N) is 1. The molecule has 0 fully saturated rings. The number of aryl methyl sites for hydroxylation is 1. The summed E-state index contributed by atoms with van der Waals surface area (Å²) in [6.45, 7) is 2.04. The third kappa shape index (κ3) is 2.24. The van der Waals surface area contributed by atoms with Crippen LogP contribution in [-0.4, -0.2) is 0 Å². The van der Waals surface area contributed by atoms with E-state index in [1.807, 2.05) is 31.2 Å². The van der Waals surface area contributed by atoms with Crippen molar-refractivity contribution < 1.29 is 4.42 Å². The molecule has 4 heteroatoms. The Morgan fingerprint density at radius 2 is 2.00 bits per heavy atom. The summed E-state index contributed by atoms with van der Waals surface area (Å²) < 4.78 is 7.31. The molecule has 0 aliphatic carbocycles. The Hall–Kier alpha value is -0.580. The summed E-state index contributed by atoms with van der Waals surface area (Å²) in [4.78, 5) is 0. The lowest BCUT2D eigenvalue weighted by Gasteiger charge is -2.13. The molecule has 84 valence electrons. The van der Waals surface area contributed by atoms with E-state index in [1.54, 1.807) is 6.26 Å². The van der Waals surface area contributed by atoms with Crippen molar-refractivity contribution in [2.24, 2.45) is 5.73 Å². The normalized spacial score (nSPS) is 12.8. The number of rotatable bonds is 2. The summed E-state index contributed by atoms with van der Waals surface area (Å²) in [6.07, 6.45) is 1.63. The van der Waals surface area contributed by atoms with Crippen LogP contribution in [0.4, 0.5) is 0 Å². The summed E-state index contributed by atoms with van der Waals surface area (Å²) in [5, 5.41) is 0. The fraction of sp³-hybridized carbons (Fsp3) is 0.167. The van der Waals surface area contributed by atoms with Crippen molar-refractivity contribution in [2.45, 2.75) is 13.0 Å². The molecular weight excluding hydrogens is 334 g/mol. The van der Waals surface area contributed by atoms with E-state index in [0.29, 0.717) is 0 Å². The van der Waals surface area contributed by atoms with E-state index in [-0.39, 0.29) is 6.04 Å². The summed E-state index contributed by atoms with van der Waals surface area (Å²) in [7, 11) is 0. The van der Waals surface area contributed by atoms with Crippen LogP contribution in [0.25, 0.3) is 0 Å². The maximum Gasteiger partial charge on any atom is 0.139 e. The van der Waals surface area contributed by atoms with E-state index in [1.165, 1.54) is 0 Å². The van der Waals surface area contributed by atoms with Crippen molar-refractivity contribution in [1.29, 1.82) is 0 Å². The maximum atomic E-state index is 6.19. The zero-order chi connectivity index (χ0) is 11.7. The van der Waals surface area contributed by atoms with Gasteiger partial charge in [-0.15, -0.1) is 0 Å². The first-order valence-corrected chi connectivity index (χ1v) is 6.42. The Bertz CT molecular complexity index is 507. The maximum absolute atomic E-state index is 6.19. The minimum atomic E-state index is -0.248. The van der Waals surface area contributed by atoms with Crippen LogP contribution < -0.4 is 5.73 Å². The average molecular weight is 345 g/mol. The minimum absolute atomic E-state index is 0.248. The summed E-state index contributed by atoms with van der Waals surface area (Å²) in [6, 6.07) is 7.66. The first-order chi connectivity index (χ1) is 7.59. The first kappa shape index (κ1) is 11.9. The number of halogens is 2. The Kier molecular flexibility index (Phi) is 3.52. The number of hydrogen-bond donors (Lipinski definition) is 1. The molecule has 0 radical (unpaired) electrons. The topological polar surface area (TPSA) is 39.2 Å². The third-order valence-corrected chi connectivity index (χ3v) is 3.65. The number of furan rings is 1. The van der Waals surface area contributed by atoms with Crippen molar-refractivity contribution in [2.75, 3.05) is 0 Å². The van der Waals surface area contributed by atoms with Gasteiger partial charge in [0.15, 0.2) is 0 Å². The molecule has 0 saturated heterocycles. The van der Waals surface area contributed by atoms with Crippen LogP contribution in [0.15, 0.2) is 43.9 Å². The van der Waals surface area contributed by atoms with Crippen LogP contribution >= 0.6 is 31.9 Å². The Morgan fingerprint density at radius 3 is 2.62 bits per heavy atom. The van der Waals surface area contributed by atoms with Crippen LogP contribution in [0.3, 0.4) is 0 Å². The first-order valence-electron chi connectivity index (χ1n) is 4.84. The zero-order valence-corrected chi connectivity index (χ0v) is 11.9. The van der Waals surface area contributed by atoms with Crippen LogP contribution in [-0.2, 0) is 0 Å². The molecule has 0 aliphatic heterocycles. The monoisotopic (exact) mass is 343 g/mol. The van der Waals surface area contributed by atoms with Gasteiger partial charge in [0, 0.05) is 4.47 Å². The van der Waals surface area contributed by atoms with Gasteiger partial charge in [0.25, 0.3) is 0 Å². The highest BCUT2D eigenvalue weighted by Crippen LogP contribution is 2.30. The largest absolute Gasteiger partial charge is 0.466 e. The SMILES string of the molecule is Cc1ccc(Br)cc1C(N)c1occc1Br. The van der Waals surface area contributed by atoms with Gasteiger partial charge in [-0.25, -0.2) is 0 Å². The molecule has 1 heterocycles. The lowest BCUT2D eigenvalue weighted by Crippen LogP contribution is -2.12. The van der Waals surface area contributed by atoms with Crippen LogP contribution in [0.1, 0.15) is 22.9 Å². The van der Waals surface area contributed by atoms with Crippen molar-refractivity contribution in [3.63, 3.8) is 0 Å². The molecule has 1 atom stereocenters. The van der Waals surface area contributed by atoms with Gasteiger partial charge in [-0.3, -0.25) is 0 Å². The molecule has 2 aromatic rings. The van der Waals surface area contributed by atoms with E-state index >= 15 is 0 Å². The molecule has 1 aromatic carbocycles. The smallest absolute Gasteiger partial charge is 0.139 e.